The molecule has 1 saturated heterocycles. The zero-order valence-corrected chi connectivity index (χ0v) is 10.4. The minimum absolute atomic E-state index is 0.0273. The summed E-state index contributed by atoms with van der Waals surface area (Å²) in [5.74, 6) is -1.22. The number of nitrogen functional groups attached to an aromatic ring is 1. The van der Waals surface area contributed by atoms with Gasteiger partial charge in [0.15, 0.2) is 0 Å². The SMILES string of the molecule is Nc1ccn(C2O[C@@](CO)(CF)[C@@H](O)[C@@H]2CF)c(=O)n1. The summed E-state index contributed by atoms with van der Waals surface area (Å²) in [6.45, 7) is -3.10. The van der Waals surface area contributed by atoms with Crippen molar-refractivity contribution in [3.63, 3.8) is 0 Å². The molecule has 0 aromatic carbocycles. The molecule has 1 fully saturated rings. The summed E-state index contributed by atoms with van der Waals surface area (Å²) in [4.78, 5) is 15.2. The zero-order chi connectivity index (χ0) is 14.9. The van der Waals surface area contributed by atoms with Gasteiger partial charge in [0.05, 0.1) is 25.3 Å². The fraction of sp³-hybridized carbons (Fsp3) is 0.636. The molecule has 112 valence electrons. The quantitative estimate of drug-likeness (QED) is 0.656. The van der Waals surface area contributed by atoms with Crippen LogP contribution in [-0.2, 0) is 4.74 Å². The lowest BCUT2D eigenvalue weighted by atomic mass is 9.92. The van der Waals surface area contributed by atoms with Crippen molar-refractivity contribution in [3.05, 3.63) is 22.7 Å². The molecule has 9 heteroatoms. The predicted molar refractivity (Wildman–Crippen MR) is 64.3 cm³/mol. The van der Waals surface area contributed by atoms with Crippen molar-refractivity contribution in [1.82, 2.24) is 9.55 Å². The molecular weight excluding hydrogens is 276 g/mol. The molecule has 4 N–H and O–H groups in total. The number of alkyl halides is 2. The number of rotatable bonds is 4. The van der Waals surface area contributed by atoms with Crippen molar-refractivity contribution in [2.45, 2.75) is 17.9 Å². The Morgan fingerprint density at radius 3 is 2.75 bits per heavy atom. The Kier molecular flexibility index (Phi) is 4.02. The van der Waals surface area contributed by atoms with Crippen LogP contribution in [0.4, 0.5) is 14.6 Å². The van der Waals surface area contributed by atoms with Gasteiger partial charge >= 0.3 is 5.69 Å². The first-order chi connectivity index (χ1) is 9.49. The van der Waals surface area contributed by atoms with Gasteiger partial charge in [0, 0.05) is 6.20 Å². The molecule has 0 bridgehead atoms. The van der Waals surface area contributed by atoms with E-state index in [1.807, 2.05) is 0 Å². The number of anilines is 1. The molecule has 2 rings (SSSR count). The lowest BCUT2D eigenvalue weighted by molar-refractivity contribution is -0.138. The monoisotopic (exact) mass is 291 g/mol. The predicted octanol–water partition coefficient (Wildman–Crippen LogP) is -0.999. The summed E-state index contributed by atoms with van der Waals surface area (Å²) >= 11 is 0. The molecule has 0 aliphatic carbocycles. The smallest absolute Gasteiger partial charge is 0.351 e. The van der Waals surface area contributed by atoms with Crippen LogP contribution < -0.4 is 11.4 Å². The van der Waals surface area contributed by atoms with E-state index in [4.69, 9.17) is 10.5 Å². The minimum Gasteiger partial charge on any atom is -0.393 e. The van der Waals surface area contributed by atoms with Gasteiger partial charge in [0.1, 0.15) is 24.3 Å². The molecule has 1 aliphatic rings. The highest BCUT2D eigenvalue weighted by molar-refractivity contribution is 5.23. The van der Waals surface area contributed by atoms with Gasteiger partial charge < -0.3 is 20.7 Å². The maximum atomic E-state index is 13.1. The number of aromatic nitrogens is 2. The van der Waals surface area contributed by atoms with Crippen LogP contribution in [0.1, 0.15) is 6.23 Å². The van der Waals surface area contributed by atoms with Crippen molar-refractivity contribution < 1.29 is 23.7 Å². The Balaban J connectivity index is 2.43. The van der Waals surface area contributed by atoms with Gasteiger partial charge in [-0.25, -0.2) is 9.18 Å². The highest BCUT2D eigenvalue weighted by atomic mass is 19.1. The second kappa shape index (κ2) is 5.43. The van der Waals surface area contributed by atoms with E-state index in [1.165, 1.54) is 12.3 Å². The van der Waals surface area contributed by atoms with Crippen molar-refractivity contribution in [2.75, 3.05) is 25.7 Å². The first-order valence-corrected chi connectivity index (χ1v) is 5.92. The van der Waals surface area contributed by atoms with Crippen LogP contribution in [0.2, 0.25) is 0 Å². The van der Waals surface area contributed by atoms with Crippen LogP contribution in [0.3, 0.4) is 0 Å². The number of halogens is 2. The highest BCUT2D eigenvalue weighted by Gasteiger charge is 2.55. The second-order valence-corrected chi connectivity index (χ2v) is 4.67. The number of nitrogens with two attached hydrogens (primary N) is 1. The summed E-state index contributed by atoms with van der Waals surface area (Å²) in [6.07, 6.45) is -1.63. The molecule has 1 aliphatic heterocycles. The molecule has 0 radical (unpaired) electrons. The van der Waals surface area contributed by atoms with Gasteiger partial charge in [-0.3, -0.25) is 8.96 Å². The zero-order valence-electron chi connectivity index (χ0n) is 10.4. The minimum atomic E-state index is -1.94. The molecule has 4 atom stereocenters. The largest absolute Gasteiger partial charge is 0.393 e. The van der Waals surface area contributed by atoms with Crippen LogP contribution in [0, 0.1) is 5.92 Å². The summed E-state index contributed by atoms with van der Waals surface area (Å²) in [6, 6.07) is 1.29. The summed E-state index contributed by atoms with van der Waals surface area (Å²) < 4.78 is 32.3. The molecule has 1 unspecified atom stereocenters. The van der Waals surface area contributed by atoms with E-state index in [0.29, 0.717) is 0 Å². The van der Waals surface area contributed by atoms with Crippen molar-refractivity contribution in [3.8, 4) is 0 Å². The first-order valence-electron chi connectivity index (χ1n) is 5.92. The third-order valence-electron chi connectivity index (χ3n) is 3.46. The number of aliphatic hydroxyl groups excluding tert-OH is 2. The molecule has 1 aromatic heterocycles. The van der Waals surface area contributed by atoms with Gasteiger partial charge in [0.25, 0.3) is 0 Å². The van der Waals surface area contributed by atoms with Gasteiger partial charge in [-0.1, -0.05) is 0 Å². The molecule has 0 saturated carbocycles. The Hall–Kier alpha value is -1.58. The fourth-order valence-electron chi connectivity index (χ4n) is 2.27. The highest BCUT2D eigenvalue weighted by Crippen LogP contribution is 2.41. The molecule has 0 amide bonds. The first kappa shape index (κ1) is 14.8. The molecule has 1 aromatic rings. The van der Waals surface area contributed by atoms with Crippen LogP contribution in [0.15, 0.2) is 17.1 Å². The lowest BCUT2D eigenvalue weighted by Gasteiger charge is -2.26. The van der Waals surface area contributed by atoms with E-state index >= 15 is 0 Å². The Morgan fingerprint density at radius 2 is 2.25 bits per heavy atom. The van der Waals surface area contributed by atoms with Crippen molar-refractivity contribution >= 4 is 5.82 Å². The summed E-state index contributed by atoms with van der Waals surface area (Å²) in [7, 11) is 0. The van der Waals surface area contributed by atoms with E-state index in [9.17, 15) is 23.8 Å². The van der Waals surface area contributed by atoms with E-state index in [1.54, 1.807) is 0 Å². The average Bonchev–Trinajstić information content (AvgIpc) is 2.71. The van der Waals surface area contributed by atoms with Crippen LogP contribution in [-0.4, -0.2) is 51.4 Å². The summed E-state index contributed by atoms with van der Waals surface area (Å²) in [5.41, 5.74) is 2.58. The Morgan fingerprint density at radius 1 is 1.55 bits per heavy atom. The van der Waals surface area contributed by atoms with Crippen LogP contribution in [0.5, 0.6) is 0 Å². The fourth-order valence-corrected chi connectivity index (χ4v) is 2.27. The van der Waals surface area contributed by atoms with Crippen molar-refractivity contribution in [2.24, 2.45) is 5.92 Å². The number of hydrogen-bond donors (Lipinski definition) is 3. The normalized spacial score (nSPS) is 33.5. The topological polar surface area (TPSA) is 111 Å². The van der Waals surface area contributed by atoms with E-state index in [2.05, 4.69) is 4.98 Å². The number of aliphatic hydroxyl groups is 2. The Labute approximate surface area is 112 Å². The molecule has 7 nitrogen and oxygen atoms in total. The van der Waals surface area contributed by atoms with E-state index in [-0.39, 0.29) is 5.82 Å². The standard InChI is InChI=1S/C11H15F2N3O4/c12-3-6-8(18)11(4-13,5-17)20-9(6)16-2-1-7(14)15-10(16)19/h1-2,6,8-9,17-18H,3-5H2,(H2,14,15,19)/t6-,8-,9?,11+/m0/s1. The van der Waals surface area contributed by atoms with E-state index in [0.717, 1.165) is 4.57 Å². The van der Waals surface area contributed by atoms with Gasteiger partial charge in [-0.2, -0.15) is 4.98 Å². The van der Waals surface area contributed by atoms with Gasteiger partial charge in [0.2, 0.25) is 0 Å². The van der Waals surface area contributed by atoms with Gasteiger partial charge in [-0.15, -0.1) is 0 Å². The number of hydrogen-bond acceptors (Lipinski definition) is 6. The second-order valence-electron chi connectivity index (χ2n) is 4.67. The maximum absolute atomic E-state index is 13.1. The summed E-state index contributed by atoms with van der Waals surface area (Å²) in [5, 5.41) is 19.2. The number of ether oxygens (including phenoxy) is 1. The molecule has 20 heavy (non-hydrogen) atoms. The van der Waals surface area contributed by atoms with Crippen LogP contribution in [0.25, 0.3) is 0 Å². The third-order valence-corrected chi connectivity index (χ3v) is 3.46. The van der Waals surface area contributed by atoms with Crippen LogP contribution >= 0.6 is 0 Å². The van der Waals surface area contributed by atoms with Crippen molar-refractivity contribution in [1.29, 1.82) is 0 Å². The average molecular weight is 291 g/mol. The maximum Gasteiger partial charge on any atom is 0.351 e. The Bertz CT molecular complexity index is 535. The number of nitrogens with zero attached hydrogens (tertiary/aromatic N) is 2. The van der Waals surface area contributed by atoms with E-state index < -0.39 is 49.5 Å². The third kappa shape index (κ3) is 2.17. The molecule has 2 heterocycles. The molecule has 0 spiro atoms. The molecular formula is C11H15F2N3O4. The lowest BCUT2D eigenvalue weighted by Crippen LogP contribution is -2.47. The van der Waals surface area contributed by atoms with Gasteiger partial charge in [-0.05, 0) is 6.07 Å².